The summed E-state index contributed by atoms with van der Waals surface area (Å²) in [4.78, 5) is 42.5. The van der Waals surface area contributed by atoms with E-state index in [-0.39, 0.29) is 5.56 Å². The van der Waals surface area contributed by atoms with E-state index in [1.54, 1.807) is 16.8 Å². The van der Waals surface area contributed by atoms with Crippen LogP contribution in [0, 0.1) is 0 Å². The summed E-state index contributed by atoms with van der Waals surface area (Å²) in [5.41, 5.74) is 19.5. The predicted octanol–water partition coefficient (Wildman–Crippen LogP) is 1.16. The highest BCUT2D eigenvalue weighted by Gasteiger charge is 2.10. The van der Waals surface area contributed by atoms with Crippen LogP contribution in [0.2, 0.25) is 0 Å². The quantitative estimate of drug-likeness (QED) is 0.385. The third-order valence-corrected chi connectivity index (χ3v) is 4.63. The summed E-state index contributed by atoms with van der Waals surface area (Å²) < 4.78 is 0.844. The van der Waals surface area contributed by atoms with Gasteiger partial charge < -0.3 is 17.2 Å². The molecule has 2 heterocycles. The van der Waals surface area contributed by atoms with Crippen molar-refractivity contribution in [3.63, 3.8) is 0 Å². The van der Waals surface area contributed by atoms with Gasteiger partial charge in [-0.05, 0) is 33.4 Å². The van der Waals surface area contributed by atoms with E-state index < -0.39 is 23.9 Å². The van der Waals surface area contributed by atoms with E-state index in [2.05, 4.69) is 26.7 Å². The second kappa shape index (κ2) is 9.61. The molecule has 2 aromatic heterocycles. The number of carbonyl (C=O) groups excluding carboxylic acids is 4. The van der Waals surface area contributed by atoms with Crippen molar-refractivity contribution in [2.75, 3.05) is 5.32 Å². The molecule has 0 radical (unpaired) electrons. The van der Waals surface area contributed by atoms with Gasteiger partial charge in [-0.2, -0.15) is 0 Å². The van der Waals surface area contributed by atoms with Crippen molar-refractivity contribution in [3.8, 4) is 0 Å². The molecule has 10 nitrogen and oxygen atoms in total. The fourth-order valence-corrected chi connectivity index (χ4v) is 3.26. The highest BCUT2D eigenvalue weighted by molar-refractivity contribution is 9.11. The van der Waals surface area contributed by atoms with Gasteiger partial charge in [0.15, 0.2) is 0 Å². The number of hydrogen-bond donors (Lipinski definition) is 6. The van der Waals surface area contributed by atoms with Crippen molar-refractivity contribution in [1.29, 1.82) is 0 Å². The maximum Gasteiger partial charge on any atom is 0.330 e. The molecule has 0 saturated carbocycles. The van der Waals surface area contributed by atoms with Crippen LogP contribution in [0.3, 0.4) is 0 Å². The van der Waals surface area contributed by atoms with Crippen LogP contribution in [0.1, 0.15) is 20.7 Å². The minimum atomic E-state index is -0.803. The van der Waals surface area contributed by atoms with Crippen LogP contribution >= 0.6 is 38.6 Å². The van der Waals surface area contributed by atoms with Crippen LogP contribution in [-0.4, -0.2) is 23.9 Å². The number of amides is 6. The van der Waals surface area contributed by atoms with Crippen molar-refractivity contribution in [3.05, 3.63) is 37.8 Å². The summed E-state index contributed by atoms with van der Waals surface area (Å²) in [7, 11) is 0. The van der Waals surface area contributed by atoms with Gasteiger partial charge in [0.1, 0.15) is 5.00 Å². The minimum absolute atomic E-state index is 0.277. The van der Waals surface area contributed by atoms with Gasteiger partial charge >= 0.3 is 12.1 Å². The van der Waals surface area contributed by atoms with Crippen molar-refractivity contribution >= 4 is 67.5 Å². The van der Waals surface area contributed by atoms with E-state index in [0.29, 0.717) is 10.6 Å². The lowest BCUT2D eigenvalue weighted by molar-refractivity contribution is 0.0937. The molecule has 0 spiro atoms. The number of nitrogens with one attached hydrogen (secondary N) is 3. The number of rotatable bonds is 3. The fourth-order valence-electron chi connectivity index (χ4n) is 1.33. The Kier molecular flexibility index (Phi) is 7.84. The largest absolute Gasteiger partial charge is 0.366 e. The Morgan fingerprint density at radius 3 is 2.16 bits per heavy atom. The first-order chi connectivity index (χ1) is 11.7. The average molecular weight is 449 g/mol. The fraction of sp³-hybridized carbons (Fsp3) is 0. The third-order valence-electron chi connectivity index (χ3n) is 2.30. The van der Waals surface area contributed by atoms with Crippen LogP contribution in [0.5, 0.6) is 0 Å². The van der Waals surface area contributed by atoms with Crippen molar-refractivity contribution in [2.24, 2.45) is 17.2 Å². The van der Waals surface area contributed by atoms with Crippen LogP contribution in [0.15, 0.2) is 26.7 Å². The summed E-state index contributed by atoms with van der Waals surface area (Å²) >= 11 is 5.78. The van der Waals surface area contributed by atoms with Gasteiger partial charge in [-0.15, -0.1) is 22.7 Å². The number of urea groups is 2. The summed E-state index contributed by atoms with van der Waals surface area (Å²) in [5.74, 6) is -0.985. The minimum Gasteiger partial charge on any atom is -0.366 e. The Labute approximate surface area is 157 Å². The molecule has 0 aliphatic rings. The zero-order valence-electron chi connectivity index (χ0n) is 12.4. The molecule has 0 saturated heterocycles. The zero-order valence-corrected chi connectivity index (χ0v) is 15.6. The molecule has 0 aliphatic carbocycles. The first-order valence-electron chi connectivity index (χ1n) is 6.24. The van der Waals surface area contributed by atoms with Gasteiger partial charge in [-0.25, -0.2) is 15.0 Å². The SMILES string of the molecule is NC(=O)NNC(=O)c1csc(Br)c1.NC(=O)Nc1sccc1C(N)=O. The molecule has 0 unspecified atom stereocenters. The summed E-state index contributed by atoms with van der Waals surface area (Å²) in [6.45, 7) is 0. The molecule has 6 amide bonds. The number of anilines is 1. The van der Waals surface area contributed by atoms with E-state index in [0.717, 1.165) is 3.79 Å². The molecule has 13 heteroatoms. The number of hydrogen-bond acceptors (Lipinski definition) is 6. The van der Waals surface area contributed by atoms with Crippen molar-refractivity contribution < 1.29 is 19.2 Å². The average Bonchev–Trinajstić information content (AvgIpc) is 3.13. The van der Waals surface area contributed by atoms with Crippen molar-refractivity contribution in [1.82, 2.24) is 10.9 Å². The molecular weight excluding hydrogens is 436 g/mol. The molecule has 0 atom stereocenters. The van der Waals surface area contributed by atoms with Gasteiger partial charge in [-0.1, -0.05) is 0 Å². The lowest BCUT2D eigenvalue weighted by Crippen LogP contribution is -2.44. The topological polar surface area (TPSA) is 182 Å². The number of carbonyl (C=O) groups is 4. The standard InChI is InChI=1S/C6H6BrN3O2S.C6H7N3O2S/c7-4-1-3(2-13-4)5(11)9-10-6(8)12;7-4(10)3-1-2-12-5(3)9-6(8)11/h1-2H,(H,9,11)(H3,8,10,12);1-2H,(H2,7,10)(H3,8,9,11). The molecule has 0 bridgehead atoms. The van der Waals surface area contributed by atoms with Crippen LogP contribution < -0.4 is 33.4 Å². The molecule has 0 aliphatic heterocycles. The summed E-state index contributed by atoms with van der Waals surface area (Å²) in [6, 6.07) is 1.66. The molecule has 2 rings (SSSR count). The highest BCUT2D eigenvalue weighted by Crippen LogP contribution is 2.22. The van der Waals surface area contributed by atoms with Crippen LogP contribution in [-0.2, 0) is 0 Å². The van der Waals surface area contributed by atoms with Gasteiger partial charge in [0.2, 0.25) is 0 Å². The normalized spacial score (nSPS) is 9.32. The Morgan fingerprint density at radius 1 is 1.00 bits per heavy atom. The van der Waals surface area contributed by atoms with Gasteiger partial charge in [0, 0.05) is 5.38 Å². The molecule has 0 fully saturated rings. The van der Waals surface area contributed by atoms with Gasteiger partial charge in [-0.3, -0.25) is 20.3 Å². The second-order valence-corrected chi connectivity index (χ2v) is 7.31. The summed E-state index contributed by atoms with van der Waals surface area (Å²) in [5, 5.41) is 5.97. The van der Waals surface area contributed by atoms with Gasteiger partial charge in [0.25, 0.3) is 11.8 Å². The monoisotopic (exact) mass is 448 g/mol. The number of thiophene rings is 2. The molecule has 9 N–H and O–H groups in total. The predicted molar refractivity (Wildman–Crippen MR) is 98.2 cm³/mol. The van der Waals surface area contributed by atoms with Gasteiger partial charge in [0.05, 0.1) is 14.9 Å². The van der Waals surface area contributed by atoms with E-state index in [1.165, 1.54) is 28.7 Å². The maximum absolute atomic E-state index is 11.2. The Morgan fingerprint density at radius 2 is 1.68 bits per heavy atom. The highest BCUT2D eigenvalue weighted by atomic mass is 79.9. The third kappa shape index (κ3) is 7.19. The lowest BCUT2D eigenvalue weighted by Gasteiger charge is -2.01. The first kappa shape index (κ1) is 20.4. The molecular formula is C12H13BrN6O4S2. The first-order valence-corrected chi connectivity index (χ1v) is 8.79. The van der Waals surface area contributed by atoms with Crippen LogP contribution in [0.25, 0.3) is 0 Å². The zero-order chi connectivity index (χ0) is 19.0. The van der Waals surface area contributed by atoms with E-state index in [9.17, 15) is 19.2 Å². The number of halogens is 1. The Hall–Kier alpha value is -2.64. The molecule has 134 valence electrons. The van der Waals surface area contributed by atoms with E-state index in [1.807, 2.05) is 5.43 Å². The van der Waals surface area contributed by atoms with E-state index >= 15 is 0 Å². The smallest absolute Gasteiger partial charge is 0.330 e. The van der Waals surface area contributed by atoms with Crippen LogP contribution in [0.4, 0.5) is 14.6 Å². The van der Waals surface area contributed by atoms with Crippen molar-refractivity contribution in [2.45, 2.75) is 0 Å². The number of hydrazine groups is 1. The lowest BCUT2D eigenvalue weighted by atomic mass is 10.3. The maximum atomic E-state index is 11.2. The second-order valence-electron chi connectivity index (χ2n) is 4.10. The number of primary amides is 3. The molecule has 0 aromatic carbocycles. The number of nitrogens with two attached hydrogens (primary N) is 3. The molecule has 2 aromatic rings. The summed E-state index contributed by atoms with van der Waals surface area (Å²) in [6.07, 6.45) is 0. The Balaban J connectivity index is 0.000000251. The molecule has 25 heavy (non-hydrogen) atoms. The Bertz CT molecular complexity index is 790. The van der Waals surface area contributed by atoms with E-state index in [4.69, 9.17) is 17.2 Å².